The van der Waals surface area contributed by atoms with Gasteiger partial charge in [0.05, 0.1) is 5.41 Å². The first-order valence-electron chi connectivity index (χ1n) is 7.42. The molecule has 0 unspecified atom stereocenters. The number of carboxylic acids is 1. The summed E-state index contributed by atoms with van der Waals surface area (Å²) in [5.41, 5.74) is 1.12. The maximum Gasteiger partial charge on any atom is 0.313 e. The van der Waals surface area contributed by atoms with E-state index in [2.05, 4.69) is 26.0 Å². The van der Waals surface area contributed by atoms with Crippen LogP contribution in [0.4, 0.5) is 0 Å². The van der Waals surface area contributed by atoms with Crippen LogP contribution in [0.1, 0.15) is 44.7 Å². The van der Waals surface area contributed by atoms with E-state index in [1.54, 1.807) is 38.1 Å². The van der Waals surface area contributed by atoms with Gasteiger partial charge in [0.2, 0.25) is 0 Å². The van der Waals surface area contributed by atoms with Crippen LogP contribution in [-0.4, -0.2) is 11.1 Å². The maximum absolute atomic E-state index is 11.3. The van der Waals surface area contributed by atoms with Gasteiger partial charge >= 0.3 is 5.97 Å². The zero-order valence-electron chi connectivity index (χ0n) is 13.5. The highest BCUT2D eigenvalue weighted by Crippen LogP contribution is 2.28. The van der Waals surface area contributed by atoms with E-state index in [0.29, 0.717) is 11.7 Å². The molecule has 0 heterocycles. The predicted octanol–water partition coefficient (Wildman–Crippen LogP) is 4.96. The zero-order chi connectivity index (χ0) is 16.3. The van der Waals surface area contributed by atoms with Gasteiger partial charge in [0.25, 0.3) is 0 Å². The summed E-state index contributed by atoms with van der Waals surface area (Å²) in [6, 6.07) is 15.2. The molecule has 0 fully saturated rings. The lowest BCUT2D eigenvalue weighted by atomic mass is 9.85. The molecule has 2 aromatic rings. The first-order chi connectivity index (χ1) is 10.3. The van der Waals surface area contributed by atoms with Gasteiger partial charge in [-0.25, -0.2) is 0 Å². The molecule has 0 saturated carbocycles. The van der Waals surface area contributed by atoms with Crippen molar-refractivity contribution in [3.63, 3.8) is 0 Å². The number of ether oxygens (including phenoxy) is 1. The Kier molecular flexibility index (Phi) is 4.55. The summed E-state index contributed by atoms with van der Waals surface area (Å²) in [6.45, 7) is 7.68. The third-order valence-corrected chi connectivity index (χ3v) is 3.89. The Morgan fingerprint density at radius 1 is 0.955 bits per heavy atom. The predicted molar refractivity (Wildman–Crippen MR) is 87.7 cm³/mol. The molecule has 0 atom stereocenters. The highest BCUT2D eigenvalue weighted by atomic mass is 16.5. The first kappa shape index (κ1) is 16.1. The SMILES string of the molecule is CC(C)c1ccc(Oc2ccc(C(C)(C)C(=O)O)cc2)cc1. The van der Waals surface area contributed by atoms with Gasteiger partial charge in [0.1, 0.15) is 11.5 Å². The lowest BCUT2D eigenvalue weighted by Crippen LogP contribution is -2.28. The van der Waals surface area contributed by atoms with E-state index in [1.807, 2.05) is 12.1 Å². The molecule has 0 spiro atoms. The van der Waals surface area contributed by atoms with Crippen molar-refractivity contribution in [1.29, 1.82) is 0 Å². The van der Waals surface area contributed by atoms with Crippen LogP contribution in [-0.2, 0) is 10.2 Å². The van der Waals surface area contributed by atoms with Crippen LogP contribution < -0.4 is 4.74 Å². The summed E-state index contributed by atoms with van der Waals surface area (Å²) in [4.78, 5) is 11.3. The topological polar surface area (TPSA) is 46.5 Å². The average molecular weight is 298 g/mol. The van der Waals surface area contributed by atoms with Gasteiger partial charge in [-0.1, -0.05) is 38.1 Å². The molecule has 3 heteroatoms. The fourth-order valence-electron chi connectivity index (χ4n) is 2.12. The standard InChI is InChI=1S/C19H22O3/c1-13(2)14-5-9-16(10-6-14)22-17-11-7-15(8-12-17)19(3,4)18(20)21/h5-13H,1-4H3,(H,20,21). The largest absolute Gasteiger partial charge is 0.481 e. The van der Waals surface area contributed by atoms with Crippen LogP contribution in [0, 0.1) is 0 Å². The second-order valence-electron chi connectivity index (χ2n) is 6.28. The van der Waals surface area contributed by atoms with Crippen LogP contribution in [0.3, 0.4) is 0 Å². The number of carbonyl (C=O) groups is 1. The number of aliphatic carboxylic acids is 1. The van der Waals surface area contributed by atoms with E-state index in [1.165, 1.54) is 5.56 Å². The number of hydrogen-bond acceptors (Lipinski definition) is 2. The Morgan fingerprint density at radius 3 is 1.82 bits per heavy atom. The van der Waals surface area contributed by atoms with Gasteiger partial charge in [-0.15, -0.1) is 0 Å². The van der Waals surface area contributed by atoms with Crippen molar-refractivity contribution in [2.75, 3.05) is 0 Å². The van der Waals surface area contributed by atoms with Crippen molar-refractivity contribution in [1.82, 2.24) is 0 Å². The molecule has 2 rings (SSSR count). The minimum Gasteiger partial charge on any atom is -0.481 e. The molecule has 1 N–H and O–H groups in total. The van der Waals surface area contributed by atoms with Crippen molar-refractivity contribution >= 4 is 5.97 Å². The Balaban J connectivity index is 2.13. The van der Waals surface area contributed by atoms with E-state index in [4.69, 9.17) is 4.74 Å². The molecule has 0 saturated heterocycles. The van der Waals surface area contributed by atoms with Crippen LogP contribution in [0.25, 0.3) is 0 Å². The Morgan fingerprint density at radius 2 is 1.41 bits per heavy atom. The van der Waals surface area contributed by atoms with E-state index in [9.17, 15) is 9.90 Å². The first-order valence-corrected chi connectivity index (χ1v) is 7.42. The third-order valence-electron chi connectivity index (χ3n) is 3.89. The summed E-state index contributed by atoms with van der Waals surface area (Å²) in [5, 5.41) is 9.24. The molecule has 0 aliphatic rings. The van der Waals surface area contributed by atoms with Gasteiger partial charge in [-0.3, -0.25) is 4.79 Å². The molecule has 0 amide bonds. The van der Waals surface area contributed by atoms with E-state index < -0.39 is 11.4 Å². The highest BCUT2D eigenvalue weighted by molar-refractivity contribution is 5.80. The van der Waals surface area contributed by atoms with Crippen LogP contribution in [0.2, 0.25) is 0 Å². The van der Waals surface area contributed by atoms with Crippen LogP contribution in [0.5, 0.6) is 11.5 Å². The molecule has 0 radical (unpaired) electrons. The van der Waals surface area contributed by atoms with Gasteiger partial charge < -0.3 is 9.84 Å². The zero-order valence-corrected chi connectivity index (χ0v) is 13.5. The van der Waals surface area contributed by atoms with Gasteiger partial charge in [0.15, 0.2) is 0 Å². The average Bonchev–Trinajstić information content (AvgIpc) is 2.48. The second kappa shape index (κ2) is 6.22. The smallest absolute Gasteiger partial charge is 0.313 e. The molecule has 3 nitrogen and oxygen atoms in total. The number of carboxylic acid groups (broad SMARTS) is 1. The highest BCUT2D eigenvalue weighted by Gasteiger charge is 2.29. The summed E-state index contributed by atoms with van der Waals surface area (Å²) in [7, 11) is 0. The van der Waals surface area contributed by atoms with Crippen molar-refractivity contribution in [3.8, 4) is 11.5 Å². The Hall–Kier alpha value is -2.29. The fraction of sp³-hybridized carbons (Fsp3) is 0.316. The molecule has 22 heavy (non-hydrogen) atoms. The lowest BCUT2D eigenvalue weighted by Gasteiger charge is -2.19. The monoisotopic (exact) mass is 298 g/mol. The number of hydrogen-bond donors (Lipinski definition) is 1. The maximum atomic E-state index is 11.3. The van der Waals surface area contributed by atoms with E-state index in [-0.39, 0.29) is 0 Å². The van der Waals surface area contributed by atoms with Crippen molar-refractivity contribution < 1.29 is 14.6 Å². The minimum absolute atomic E-state index is 0.492. The number of rotatable bonds is 5. The molecular weight excluding hydrogens is 276 g/mol. The van der Waals surface area contributed by atoms with Crippen molar-refractivity contribution in [3.05, 3.63) is 59.7 Å². The Labute approximate surface area is 131 Å². The van der Waals surface area contributed by atoms with Gasteiger partial charge in [-0.05, 0) is 55.2 Å². The number of benzene rings is 2. The van der Waals surface area contributed by atoms with Crippen LogP contribution in [0.15, 0.2) is 48.5 Å². The van der Waals surface area contributed by atoms with Crippen molar-refractivity contribution in [2.24, 2.45) is 0 Å². The molecule has 0 bridgehead atoms. The fourth-order valence-corrected chi connectivity index (χ4v) is 2.12. The van der Waals surface area contributed by atoms with Gasteiger partial charge in [0, 0.05) is 0 Å². The second-order valence-corrected chi connectivity index (χ2v) is 6.28. The third kappa shape index (κ3) is 3.48. The quantitative estimate of drug-likeness (QED) is 0.848. The summed E-state index contributed by atoms with van der Waals surface area (Å²) >= 11 is 0. The minimum atomic E-state index is -0.905. The van der Waals surface area contributed by atoms with Crippen molar-refractivity contribution in [2.45, 2.75) is 39.0 Å². The molecule has 2 aromatic carbocycles. The van der Waals surface area contributed by atoms with Crippen LogP contribution >= 0.6 is 0 Å². The van der Waals surface area contributed by atoms with Gasteiger partial charge in [-0.2, -0.15) is 0 Å². The lowest BCUT2D eigenvalue weighted by molar-refractivity contribution is -0.142. The summed E-state index contributed by atoms with van der Waals surface area (Å²) in [5.74, 6) is 1.12. The molecule has 0 aliphatic heterocycles. The summed E-state index contributed by atoms with van der Waals surface area (Å²) < 4.78 is 5.79. The Bertz CT molecular complexity index is 637. The molecule has 0 aliphatic carbocycles. The van der Waals surface area contributed by atoms with E-state index in [0.717, 1.165) is 11.3 Å². The van der Waals surface area contributed by atoms with E-state index >= 15 is 0 Å². The normalized spacial score (nSPS) is 11.5. The molecule has 116 valence electrons. The summed E-state index contributed by atoms with van der Waals surface area (Å²) in [6.07, 6.45) is 0. The molecule has 0 aromatic heterocycles. The molecular formula is C19H22O3.